The SMILES string of the molecule is NC(/C1=C/CCCCCC1)c1ccccc1Br. The van der Waals surface area contributed by atoms with Gasteiger partial charge in [0.05, 0.1) is 6.04 Å². The molecule has 0 saturated carbocycles. The molecule has 1 unspecified atom stereocenters. The van der Waals surface area contributed by atoms with Crippen LogP contribution in [-0.2, 0) is 0 Å². The molecule has 2 heteroatoms. The van der Waals surface area contributed by atoms with Gasteiger partial charge in [0, 0.05) is 4.47 Å². The van der Waals surface area contributed by atoms with Gasteiger partial charge >= 0.3 is 0 Å². The minimum absolute atomic E-state index is 0.0590. The zero-order chi connectivity index (χ0) is 12.1. The molecule has 2 rings (SSSR count). The predicted molar refractivity (Wildman–Crippen MR) is 76.9 cm³/mol. The lowest BCUT2D eigenvalue weighted by Gasteiger charge is -2.19. The van der Waals surface area contributed by atoms with E-state index in [2.05, 4.69) is 40.2 Å². The number of hydrogen-bond donors (Lipinski definition) is 1. The van der Waals surface area contributed by atoms with Gasteiger partial charge in [0.25, 0.3) is 0 Å². The monoisotopic (exact) mass is 293 g/mol. The molecule has 0 spiro atoms. The maximum atomic E-state index is 6.39. The van der Waals surface area contributed by atoms with Gasteiger partial charge in [-0.3, -0.25) is 0 Å². The minimum atomic E-state index is 0.0590. The topological polar surface area (TPSA) is 26.0 Å². The second kappa shape index (κ2) is 6.36. The van der Waals surface area contributed by atoms with Gasteiger partial charge in [0.15, 0.2) is 0 Å². The van der Waals surface area contributed by atoms with Crippen LogP contribution in [0.25, 0.3) is 0 Å². The van der Waals surface area contributed by atoms with E-state index >= 15 is 0 Å². The molecule has 92 valence electrons. The highest BCUT2D eigenvalue weighted by molar-refractivity contribution is 9.10. The van der Waals surface area contributed by atoms with E-state index in [9.17, 15) is 0 Å². The fraction of sp³-hybridized carbons (Fsp3) is 0.467. The molecular formula is C15H20BrN. The van der Waals surface area contributed by atoms with Gasteiger partial charge in [-0.2, -0.15) is 0 Å². The average Bonchev–Trinajstić information content (AvgIpc) is 2.28. The van der Waals surface area contributed by atoms with Crippen molar-refractivity contribution in [3.05, 3.63) is 46.0 Å². The maximum absolute atomic E-state index is 6.39. The molecule has 0 radical (unpaired) electrons. The highest BCUT2D eigenvalue weighted by Crippen LogP contribution is 2.30. The van der Waals surface area contributed by atoms with Crippen LogP contribution in [0.15, 0.2) is 40.4 Å². The summed E-state index contributed by atoms with van der Waals surface area (Å²) in [5, 5.41) is 0. The Morgan fingerprint density at radius 1 is 1.06 bits per heavy atom. The van der Waals surface area contributed by atoms with Gasteiger partial charge in [0.2, 0.25) is 0 Å². The normalized spacial score (nSPS) is 22.1. The van der Waals surface area contributed by atoms with E-state index in [0.717, 1.165) is 10.9 Å². The predicted octanol–water partition coefficient (Wildman–Crippen LogP) is 4.73. The van der Waals surface area contributed by atoms with Gasteiger partial charge in [-0.25, -0.2) is 0 Å². The number of halogens is 1. The third-order valence-corrected chi connectivity index (χ3v) is 4.19. The van der Waals surface area contributed by atoms with Gasteiger partial charge < -0.3 is 5.73 Å². The Morgan fingerprint density at radius 3 is 2.65 bits per heavy atom. The van der Waals surface area contributed by atoms with Crippen LogP contribution in [0.1, 0.15) is 50.1 Å². The van der Waals surface area contributed by atoms with Crippen molar-refractivity contribution < 1.29 is 0 Å². The number of nitrogens with two attached hydrogens (primary N) is 1. The quantitative estimate of drug-likeness (QED) is 0.784. The fourth-order valence-electron chi connectivity index (χ4n) is 2.43. The molecule has 0 aliphatic heterocycles. The van der Waals surface area contributed by atoms with Crippen molar-refractivity contribution in [1.82, 2.24) is 0 Å². The Bertz CT molecular complexity index is 398. The van der Waals surface area contributed by atoms with Crippen LogP contribution >= 0.6 is 15.9 Å². The first-order valence-electron chi connectivity index (χ1n) is 6.48. The molecule has 0 heterocycles. The molecule has 0 aromatic heterocycles. The highest BCUT2D eigenvalue weighted by Gasteiger charge is 2.14. The Labute approximate surface area is 112 Å². The highest BCUT2D eigenvalue weighted by atomic mass is 79.9. The maximum Gasteiger partial charge on any atom is 0.0522 e. The fourth-order valence-corrected chi connectivity index (χ4v) is 2.96. The van der Waals surface area contributed by atoms with Gasteiger partial charge in [-0.15, -0.1) is 0 Å². The summed E-state index contributed by atoms with van der Waals surface area (Å²) in [6, 6.07) is 8.34. The Morgan fingerprint density at radius 2 is 1.82 bits per heavy atom. The van der Waals surface area contributed by atoms with Crippen LogP contribution in [0, 0.1) is 0 Å². The molecule has 2 N–H and O–H groups in total. The van der Waals surface area contributed by atoms with Crippen LogP contribution in [0.2, 0.25) is 0 Å². The number of rotatable bonds is 2. The second-order valence-corrected chi connectivity index (χ2v) is 5.59. The molecule has 1 aromatic carbocycles. The molecular weight excluding hydrogens is 274 g/mol. The first-order valence-corrected chi connectivity index (χ1v) is 7.27. The van der Waals surface area contributed by atoms with Crippen LogP contribution in [-0.4, -0.2) is 0 Å². The van der Waals surface area contributed by atoms with E-state index in [4.69, 9.17) is 5.73 Å². The standard InChI is InChI=1S/C15H20BrN/c16-14-11-7-6-10-13(14)15(17)12-8-4-2-1-3-5-9-12/h6-8,10-11,15H,1-5,9,17H2/b12-8+. The molecule has 0 bridgehead atoms. The molecule has 1 aliphatic carbocycles. The molecule has 1 nitrogen and oxygen atoms in total. The molecule has 0 saturated heterocycles. The van der Waals surface area contributed by atoms with Crippen LogP contribution in [0.3, 0.4) is 0 Å². The number of allylic oxidation sites excluding steroid dienone is 1. The second-order valence-electron chi connectivity index (χ2n) is 4.73. The van der Waals surface area contributed by atoms with Gasteiger partial charge in [-0.1, -0.05) is 58.6 Å². The largest absolute Gasteiger partial charge is 0.321 e. The van der Waals surface area contributed by atoms with Crippen molar-refractivity contribution in [2.75, 3.05) is 0 Å². The van der Waals surface area contributed by atoms with Crippen molar-refractivity contribution in [2.24, 2.45) is 5.73 Å². The smallest absolute Gasteiger partial charge is 0.0522 e. The third kappa shape index (κ3) is 3.43. The van der Waals surface area contributed by atoms with Crippen molar-refractivity contribution in [3.8, 4) is 0 Å². The molecule has 1 atom stereocenters. The molecule has 0 amide bonds. The van der Waals surface area contributed by atoms with Crippen LogP contribution < -0.4 is 5.73 Å². The summed E-state index contributed by atoms with van der Waals surface area (Å²) < 4.78 is 1.12. The van der Waals surface area contributed by atoms with E-state index in [0.29, 0.717) is 0 Å². The summed E-state index contributed by atoms with van der Waals surface area (Å²) in [4.78, 5) is 0. The summed E-state index contributed by atoms with van der Waals surface area (Å²) in [5.74, 6) is 0. The first-order chi connectivity index (χ1) is 8.29. The zero-order valence-corrected chi connectivity index (χ0v) is 11.7. The van der Waals surface area contributed by atoms with Crippen molar-refractivity contribution in [3.63, 3.8) is 0 Å². The molecule has 1 aromatic rings. The summed E-state index contributed by atoms with van der Waals surface area (Å²) in [6.07, 6.45) is 10.0. The lowest BCUT2D eigenvalue weighted by atomic mass is 9.91. The molecule has 1 aliphatic rings. The van der Waals surface area contributed by atoms with E-state index in [1.165, 1.54) is 43.2 Å². The minimum Gasteiger partial charge on any atom is -0.321 e. The van der Waals surface area contributed by atoms with E-state index < -0.39 is 0 Å². The Balaban J connectivity index is 2.18. The van der Waals surface area contributed by atoms with Gasteiger partial charge in [0.1, 0.15) is 0 Å². The number of hydrogen-bond acceptors (Lipinski definition) is 1. The van der Waals surface area contributed by atoms with Crippen molar-refractivity contribution >= 4 is 15.9 Å². The Hall–Kier alpha value is -0.600. The van der Waals surface area contributed by atoms with Crippen molar-refractivity contribution in [1.29, 1.82) is 0 Å². The summed E-state index contributed by atoms with van der Waals surface area (Å²) in [7, 11) is 0. The summed E-state index contributed by atoms with van der Waals surface area (Å²) >= 11 is 3.59. The number of benzene rings is 1. The van der Waals surface area contributed by atoms with Crippen molar-refractivity contribution in [2.45, 2.75) is 44.6 Å². The van der Waals surface area contributed by atoms with E-state index in [1.54, 1.807) is 0 Å². The summed E-state index contributed by atoms with van der Waals surface area (Å²) in [6.45, 7) is 0. The van der Waals surface area contributed by atoms with Gasteiger partial charge in [-0.05, 0) is 37.3 Å². The van der Waals surface area contributed by atoms with Crippen LogP contribution in [0.4, 0.5) is 0 Å². The summed E-state index contributed by atoms with van der Waals surface area (Å²) in [5.41, 5.74) is 9.01. The van der Waals surface area contributed by atoms with E-state index in [1.807, 2.05) is 6.07 Å². The Kier molecular flexibility index (Phi) is 4.81. The average molecular weight is 294 g/mol. The zero-order valence-electron chi connectivity index (χ0n) is 10.2. The molecule has 17 heavy (non-hydrogen) atoms. The first kappa shape index (κ1) is 12.8. The third-order valence-electron chi connectivity index (χ3n) is 3.47. The van der Waals surface area contributed by atoms with Crippen LogP contribution in [0.5, 0.6) is 0 Å². The lowest BCUT2D eigenvalue weighted by molar-refractivity contribution is 0.602. The van der Waals surface area contributed by atoms with E-state index in [-0.39, 0.29) is 6.04 Å². The lowest BCUT2D eigenvalue weighted by Crippen LogP contribution is -2.14. The molecule has 0 fully saturated rings.